The zero-order valence-electron chi connectivity index (χ0n) is 10.8. The Morgan fingerprint density at radius 3 is 2.95 bits per heavy atom. The van der Waals surface area contributed by atoms with Crippen LogP contribution in [0.3, 0.4) is 0 Å². The van der Waals surface area contributed by atoms with E-state index in [1.807, 2.05) is 0 Å². The van der Waals surface area contributed by atoms with Crippen molar-refractivity contribution in [3.05, 3.63) is 39.1 Å². The lowest BCUT2D eigenvalue weighted by Crippen LogP contribution is -2.09. The maximum absolute atomic E-state index is 11.1. The number of hydrogen-bond acceptors (Lipinski definition) is 2. The van der Waals surface area contributed by atoms with E-state index in [4.69, 9.17) is 0 Å². The van der Waals surface area contributed by atoms with Gasteiger partial charge in [0.15, 0.2) is 0 Å². The van der Waals surface area contributed by atoms with Crippen LogP contribution in [0.15, 0.2) is 12.1 Å². The first-order chi connectivity index (χ1) is 9.13. The van der Waals surface area contributed by atoms with Crippen LogP contribution in [-0.2, 0) is 19.4 Å². The van der Waals surface area contributed by atoms with Crippen molar-refractivity contribution in [2.45, 2.75) is 32.7 Å². The summed E-state index contributed by atoms with van der Waals surface area (Å²) in [6.07, 6.45) is 2.91. The van der Waals surface area contributed by atoms with E-state index in [-0.39, 0.29) is 10.6 Å². The molecule has 0 fully saturated rings. The first-order valence-electron chi connectivity index (χ1n) is 6.48. The van der Waals surface area contributed by atoms with Gasteiger partial charge in [0, 0.05) is 35.1 Å². The van der Waals surface area contributed by atoms with Gasteiger partial charge in [0.1, 0.15) is 0 Å². The fourth-order valence-electron chi connectivity index (χ4n) is 3.17. The predicted octanol–water partition coefficient (Wildman–Crippen LogP) is 3.74. The summed E-state index contributed by atoms with van der Waals surface area (Å²) >= 11 is 3.48. The molecule has 19 heavy (non-hydrogen) atoms. The van der Waals surface area contributed by atoms with Crippen LogP contribution < -0.4 is 0 Å². The maximum Gasteiger partial charge on any atom is 0.270 e. The van der Waals surface area contributed by atoms with Crippen LogP contribution >= 0.6 is 15.9 Å². The van der Waals surface area contributed by atoms with Crippen LogP contribution in [0.1, 0.15) is 23.2 Å². The molecule has 0 bridgehead atoms. The predicted molar refractivity (Wildman–Crippen MR) is 79.1 cm³/mol. The van der Waals surface area contributed by atoms with Gasteiger partial charge < -0.3 is 4.57 Å². The number of aryl methyl sites for hydroxylation is 3. The lowest BCUT2D eigenvalue weighted by molar-refractivity contribution is -0.384. The van der Waals surface area contributed by atoms with Gasteiger partial charge in [-0.25, -0.2) is 0 Å². The third kappa shape index (κ3) is 1.87. The Bertz CT molecular complexity index is 676. The van der Waals surface area contributed by atoms with Crippen LogP contribution in [0.25, 0.3) is 10.9 Å². The highest BCUT2D eigenvalue weighted by molar-refractivity contribution is 9.09. The van der Waals surface area contributed by atoms with Crippen LogP contribution in [0, 0.1) is 17.0 Å². The molecule has 1 aliphatic rings. The fraction of sp³-hybridized carbons (Fsp3) is 0.429. The van der Waals surface area contributed by atoms with E-state index in [2.05, 4.69) is 27.4 Å². The van der Waals surface area contributed by atoms with Crippen molar-refractivity contribution in [3.8, 4) is 0 Å². The second-order valence-electron chi connectivity index (χ2n) is 5.02. The molecule has 2 aromatic rings. The third-order valence-electron chi connectivity index (χ3n) is 3.99. The molecule has 1 aliphatic heterocycles. The molecular formula is C14H15BrN2O2. The SMILES string of the molecule is Cc1c(CCBr)c2cc([N+](=O)[O-])cc3c2n1CCC3. The second-order valence-corrected chi connectivity index (χ2v) is 5.81. The highest BCUT2D eigenvalue weighted by Gasteiger charge is 2.22. The van der Waals surface area contributed by atoms with Gasteiger partial charge in [-0.2, -0.15) is 0 Å². The van der Waals surface area contributed by atoms with E-state index >= 15 is 0 Å². The Hall–Kier alpha value is -1.36. The molecule has 2 heterocycles. The first kappa shape index (κ1) is 12.7. The summed E-state index contributed by atoms with van der Waals surface area (Å²) in [6, 6.07) is 3.49. The van der Waals surface area contributed by atoms with Gasteiger partial charge in [0.05, 0.1) is 10.4 Å². The molecule has 0 amide bonds. The van der Waals surface area contributed by atoms with Crippen molar-refractivity contribution >= 4 is 32.5 Å². The Labute approximate surface area is 119 Å². The number of nitrogens with zero attached hydrogens (tertiary/aromatic N) is 2. The molecule has 0 spiro atoms. The standard InChI is InChI=1S/C14H15BrN2O2/c1-9-12(4-5-15)13-8-11(17(18)19)7-10-3-2-6-16(9)14(10)13/h7-8H,2-6H2,1H3. The number of hydrogen-bond donors (Lipinski definition) is 0. The molecule has 0 unspecified atom stereocenters. The molecule has 0 N–H and O–H groups in total. The molecule has 0 aliphatic carbocycles. The van der Waals surface area contributed by atoms with Crippen molar-refractivity contribution < 1.29 is 4.92 Å². The number of alkyl halides is 1. The highest BCUT2D eigenvalue weighted by Crippen LogP contribution is 2.36. The van der Waals surface area contributed by atoms with Crippen LogP contribution in [0.4, 0.5) is 5.69 Å². The Balaban J connectivity index is 2.37. The van der Waals surface area contributed by atoms with Gasteiger partial charge in [-0.15, -0.1) is 0 Å². The van der Waals surface area contributed by atoms with E-state index in [1.54, 1.807) is 12.1 Å². The normalized spacial score (nSPS) is 14.0. The summed E-state index contributed by atoms with van der Waals surface area (Å²) in [5.41, 5.74) is 5.07. The molecule has 3 rings (SSSR count). The van der Waals surface area contributed by atoms with E-state index in [9.17, 15) is 10.1 Å². The number of benzene rings is 1. The van der Waals surface area contributed by atoms with E-state index < -0.39 is 0 Å². The smallest absolute Gasteiger partial charge is 0.270 e. The average Bonchev–Trinajstić information content (AvgIpc) is 2.67. The number of nitro benzene ring substituents is 1. The molecule has 1 aromatic carbocycles. The topological polar surface area (TPSA) is 48.1 Å². The molecule has 0 radical (unpaired) electrons. The lowest BCUT2D eigenvalue weighted by Gasteiger charge is -2.16. The largest absolute Gasteiger partial charge is 0.344 e. The molecule has 1 aromatic heterocycles. The Morgan fingerprint density at radius 1 is 1.47 bits per heavy atom. The molecule has 0 saturated heterocycles. The minimum Gasteiger partial charge on any atom is -0.344 e. The average molecular weight is 323 g/mol. The fourth-order valence-corrected chi connectivity index (χ4v) is 3.56. The monoisotopic (exact) mass is 322 g/mol. The van der Waals surface area contributed by atoms with Gasteiger partial charge in [-0.05, 0) is 37.3 Å². The van der Waals surface area contributed by atoms with Gasteiger partial charge in [-0.1, -0.05) is 15.9 Å². The molecular weight excluding hydrogens is 308 g/mol. The lowest BCUT2D eigenvalue weighted by atomic mass is 10.0. The minimum atomic E-state index is -0.283. The van der Waals surface area contributed by atoms with Crippen molar-refractivity contribution in [2.75, 3.05) is 5.33 Å². The Kier molecular flexibility index (Phi) is 3.09. The van der Waals surface area contributed by atoms with E-state index in [0.717, 1.165) is 42.1 Å². The summed E-state index contributed by atoms with van der Waals surface area (Å²) < 4.78 is 2.33. The number of halogens is 1. The number of aromatic nitrogens is 1. The quantitative estimate of drug-likeness (QED) is 0.491. The Morgan fingerprint density at radius 2 is 2.26 bits per heavy atom. The number of nitro groups is 1. The molecule has 5 heteroatoms. The molecule has 0 atom stereocenters. The summed E-state index contributed by atoms with van der Waals surface area (Å²) in [6.45, 7) is 3.15. The number of non-ortho nitro benzene ring substituents is 1. The minimum absolute atomic E-state index is 0.220. The molecule has 0 saturated carbocycles. The summed E-state index contributed by atoms with van der Waals surface area (Å²) in [4.78, 5) is 10.8. The maximum atomic E-state index is 11.1. The van der Waals surface area contributed by atoms with Gasteiger partial charge in [0.2, 0.25) is 0 Å². The van der Waals surface area contributed by atoms with Gasteiger partial charge in [-0.3, -0.25) is 10.1 Å². The number of rotatable bonds is 3. The zero-order chi connectivity index (χ0) is 13.6. The van der Waals surface area contributed by atoms with Gasteiger partial charge in [0.25, 0.3) is 5.69 Å². The highest BCUT2D eigenvalue weighted by atomic mass is 79.9. The van der Waals surface area contributed by atoms with Crippen LogP contribution in [-0.4, -0.2) is 14.8 Å². The second kappa shape index (κ2) is 4.63. The first-order valence-corrected chi connectivity index (χ1v) is 7.60. The van der Waals surface area contributed by atoms with Crippen molar-refractivity contribution in [1.29, 1.82) is 0 Å². The summed E-state index contributed by atoms with van der Waals surface area (Å²) in [5.74, 6) is 0. The molecule has 4 nitrogen and oxygen atoms in total. The third-order valence-corrected chi connectivity index (χ3v) is 4.39. The van der Waals surface area contributed by atoms with Crippen molar-refractivity contribution in [3.63, 3.8) is 0 Å². The van der Waals surface area contributed by atoms with E-state index in [1.165, 1.54) is 16.8 Å². The van der Waals surface area contributed by atoms with Crippen molar-refractivity contribution in [1.82, 2.24) is 4.57 Å². The zero-order valence-corrected chi connectivity index (χ0v) is 12.4. The molecule has 100 valence electrons. The summed E-state index contributed by atoms with van der Waals surface area (Å²) in [5, 5.41) is 13.0. The summed E-state index contributed by atoms with van der Waals surface area (Å²) in [7, 11) is 0. The van der Waals surface area contributed by atoms with Crippen molar-refractivity contribution in [2.24, 2.45) is 0 Å². The van der Waals surface area contributed by atoms with Crippen LogP contribution in [0.2, 0.25) is 0 Å². The van der Waals surface area contributed by atoms with Crippen LogP contribution in [0.5, 0.6) is 0 Å². The van der Waals surface area contributed by atoms with Gasteiger partial charge >= 0.3 is 0 Å². The van der Waals surface area contributed by atoms with E-state index in [0.29, 0.717) is 0 Å².